The molecule has 4 nitrogen and oxygen atoms in total. The lowest BCUT2D eigenvalue weighted by atomic mass is 9.49. The molecule has 0 aromatic heterocycles. The van der Waals surface area contributed by atoms with Crippen LogP contribution in [0.15, 0.2) is 23.3 Å². The average molecular weight is 753 g/mol. The SMILES string of the molecule is CCOC(C)OC(C)(C)C(F)(F)CC[C@@H](C)[C@H]1CC[C@H]2C3=CC=C4C[C@@H](O[Si](C)(C)C(C)(C)C)C[C@H](O[Si](C)(C)C(C)(C)C)[C@]4(C)[C@H]3CC[C@]12C. The summed E-state index contributed by atoms with van der Waals surface area (Å²) in [6.07, 6.45) is 11.4. The van der Waals surface area contributed by atoms with E-state index in [1.54, 1.807) is 12.5 Å². The zero-order valence-electron chi connectivity index (χ0n) is 35.9. The average Bonchev–Trinajstić information content (AvgIpc) is 3.32. The molecule has 4 aliphatic carbocycles. The number of fused-ring (bicyclic) bond motifs is 5. The molecule has 51 heavy (non-hydrogen) atoms. The Morgan fingerprint density at radius 3 is 2.00 bits per heavy atom. The van der Waals surface area contributed by atoms with Gasteiger partial charge in [0.15, 0.2) is 22.9 Å². The van der Waals surface area contributed by atoms with Crippen LogP contribution in [0.25, 0.3) is 0 Å². The predicted molar refractivity (Wildman–Crippen MR) is 214 cm³/mol. The van der Waals surface area contributed by atoms with Crippen molar-refractivity contribution >= 4 is 16.6 Å². The molecule has 3 saturated carbocycles. The topological polar surface area (TPSA) is 36.9 Å². The highest BCUT2D eigenvalue weighted by Gasteiger charge is 2.61. The van der Waals surface area contributed by atoms with Crippen molar-refractivity contribution in [2.24, 2.45) is 34.5 Å². The quantitative estimate of drug-likeness (QED) is 0.139. The Kier molecular flexibility index (Phi) is 12.4. The van der Waals surface area contributed by atoms with Gasteiger partial charge in [-0.1, -0.05) is 85.6 Å². The fourth-order valence-electron chi connectivity index (χ4n) is 10.0. The van der Waals surface area contributed by atoms with E-state index in [0.717, 1.165) is 38.5 Å². The molecule has 0 aromatic carbocycles. The third kappa shape index (κ3) is 8.27. The lowest BCUT2D eigenvalue weighted by molar-refractivity contribution is -0.264. The van der Waals surface area contributed by atoms with Crippen LogP contribution in [0.5, 0.6) is 0 Å². The summed E-state index contributed by atoms with van der Waals surface area (Å²) in [6, 6.07) is 0. The smallest absolute Gasteiger partial charge is 0.276 e. The summed E-state index contributed by atoms with van der Waals surface area (Å²) in [7, 11) is -4.05. The number of allylic oxidation sites excluding steroid dienone is 3. The molecular weight excluding hydrogens is 675 g/mol. The molecule has 0 spiro atoms. The van der Waals surface area contributed by atoms with Crippen molar-refractivity contribution in [3.63, 3.8) is 0 Å². The molecule has 0 N–H and O–H groups in total. The van der Waals surface area contributed by atoms with Gasteiger partial charge in [0.05, 0.1) is 12.2 Å². The maximum Gasteiger partial charge on any atom is 0.276 e. The molecule has 0 bridgehead atoms. The molecular formula is C43H78F2O4Si2. The molecule has 1 unspecified atom stereocenters. The van der Waals surface area contributed by atoms with Crippen LogP contribution in [-0.4, -0.2) is 53.3 Å². The molecule has 0 aliphatic heterocycles. The van der Waals surface area contributed by atoms with Crippen LogP contribution in [0.4, 0.5) is 8.78 Å². The third-order valence-electron chi connectivity index (χ3n) is 15.5. The number of ether oxygens (including phenoxy) is 2. The Morgan fingerprint density at radius 2 is 1.43 bits per heavy atom. The van der Waals surface area contributed by atoms with E-state index in [1.807, 2.05) is 6.92 Å². The standard InChI is InChI=1S/C43H78F2O4Si2/c1-18-46-30(3)47-40(10,11)43(44,45)26-23-29(2)34-21-22-35-33-20-19-31-27-32(48-50(14,15)38(4,5)6)28-37(49-51(16,17)39(7,8)9)42(31,13)36(33)24-25-41(34,35)12/h19-20,29-30,32,34-37H,18,21-28H2,1-17H3/t29-,30?,32-,34-,35+,36+,37+,41-,42+/m1/s1. The minimum Gasteiger partial charge on any atom is -0.414 e. The number of hydrogen-bond acceptors (Lipinski definition) is 4. The molecule has 3 fully saturated rings. The van der Waals surface area contributed by atoms with Gasteiger partial charge in [-0.3, -0.25) is 0 Å². The van der Waals surface area contributed by atoms with E-state index in [-0.39, 0.29) is 45.5 Å². The number of rotatable bonds is 13. The minimum absolute atomic E-state index is 0.0653. The maximum atomic E-state index is 15.7. The van der Waals surface area contributed by atoms with Gasteiger partial charge in [-0.25, -0.2) is 8.78 Å². The number of halogens is 2. The molecule has 8 heteroatoms. The molecule has 4 rings (SSSR count). The molecule has 0 amide bonds. The highest BCUT2D eigenvalue weighted by molar-refractivity contribution is 6.74. The summed E-state index contributed by atoms with van der Waals surface area (Å²) in [5, 5.41) is 0.275. The summed E-state index contributed by atoms with van der Waals surface area (Å²) < 4.78 is 57.3. The summed E-state index contributed by atoms with van der Waals surface area (Å²) in [4.78, 5) is 0. The highest BCUT2D eigenvalue weighted by atomic mass is 28.4. The third-order valence-corrected chi connectivity index (χ3v) is 24.5. The zero-order chi connectivity index (χ0) is 38.8. The molecule has 4 aliphatic rings. The van der Waals surface area contributed by atoms with Crippen LogP contribution < -0.4 is 0 Å². The van der Waals surface area contributed by atoms with E-state index < -0.39 is 34.4 Å². The maximum absolute atomic E-state index is 15.7. The van der Waals surface area contributed by atoms with E-state index >= 15 is 8.78 Å². The largest absolute Gasteiger partial charge is 0.414 e. The van der Waals surface area contributed by atoms with Gasteiger partial charge < -0.3 is 18.3 Å². The lowest BCUT2D eigenvalue weighted by Crippen LogP contribution is -2.58. The van der Waals surface area contributed by atoms with E-state index in [4.69, 9.17) is 18.3 Å². The van der Waals surface area contributed by atoms with E-state index in [0.29, 0.717) is 30.8 Å². The van der Waals surface area contributed by atoms with Gasteiger partial charge in [-0.15, -0.1) is 0 Å². The Labute approximate surface area is 314 Å². The fraction of sp³-hybridized carbons (Fsp3) is 0.907. The van der Waals surface area contributed by atoms with Crippen molar-refractivity contribution in [1.82, 2.24) is 0 Å². The van der Waals surface area contributed by atoms with Crippen molar-refractivity contribution in [1.29, 1.82) is 0 Å². The predicted octanol–water partition coefficient (Wildman–Crippen LogP) is 13.1. The van der Waals surface area contributed by atoms with Crippen LogP contribution in [0.2, 0.25) is 36.3 Å². The van der Waals surface area contributed by atoms with E-state index in [2.05, 4.69) is 101 Å². The fourth-order valence-corrected chi connectivity index (χ4v) is 12.8. The van der Waals surface area contributed by atoms with Crippen LogP contribution in [0, 0.1) is 34.5 Å². The van der Waals surface area contributed by atoms with Gasteiger partial charge in [-0.2, -0.15) is 0 Å². The van der Waals surface area contributed by atoms with Crippen molar-refractivity contribution in [3.8, 4) is 0 Å². The van der Waals surface area contributed by atoms with Crippen molar-refractivity contribution in [2.75, 3.05) is 6.61 Å². The van der Waals surface area contributed by atoms with Crippen molar-refractivity contribution < 1.29 is 27.1 Å². The van der Waals surface area contributed by atoms with Crippen LogP contribution in [-0.2, 0) is 18.3 Å². The molecule has 0 radical (unpaired) electrons. The molecule has 0 aromatic rings. The summed E-state index contributed by atoms with van der Waals surface area (Å²) in [5.74, 6) is -1.37. The summed E-state index contributed by atoms with van der Waals surface area (Å²) >= 11 is 0. The highest BCUT2D eigenvalue weighted by Crippen LogP contribution is 2.67. The first-order valence-corrected chi connectivity index (χ1v) is 26.3. The van der Waals surface area contributed by atoms with E-state index in [1.165, 1.54) is 19.4 Å². The van der Waals surface area contributed by atoms with Gasteiger partial charge in [0.25, 0.3) is 5.92 Å². The molecule has 296 valence electrons. The Hall–Kier alpha value is -0.386. The Morgan fingerprint density at radius 1 is 0.843 bits per heavy atom. The molecule has 0 saturated heterocycles. The van der Waals surface area contributed by atoms with Gasteiger partial charge in [0.1, 0.15) is 5.60 Å². The summed E-state index contributed by atoms with van der Waals surface area (Å²) in [5.41, 5.74) is 1.59. The number of hydrogen-bond donors (Lipinski definition) is 0. The van der Waals surface area contributed by atoms with Gasteiger partial charge in [0.2, 0.25) is 0 Å². The first-order chi connectivity index (χ1) is 23.0. The second-order valence-electron chi connectivity index (χ2n) is 21.2. The second kappa shape index (κ2) is 14.6. The van der Waals surface area contributed by atoms with Crippen LogP contribution in [0.1, 0.15) is 141 Å². The minimum atomic E-state index is -2.95. The van der Waals surface area contributed by atoms with Crippen LogP contribution >= 0.6 is 0 Å². The van der Waals surface area contributed by atoms with Gasteiger partial charge in [0, 0.05) is 18.4 Å². The Bertz CT molecular complexity index is 1290. The number of alkyl halides is 2. The van der Waals surface area contributed by atoms with Crippen LogP contribution in [0.3, 0.4) is 0 Å². The van der Waals surface area contributed by atoms with Crippen molar-refractivity contribution in [2.45, 2.75) is 208 Å². The second-order valence-corrected chi connectivity index (χ2v) is 30.7. The van der Waals surface area contributed by atoms with E-state index in [9.17, 15) is 0 Å². The van der Waals surface area contributed by atoms with Gasteiger partial charge >= 0.3 is 0 Å². The van der Waals surface area contributed by atoms with Gasteiger partial charge in [-0.05, 0) is 138 Å². The summed E-state index contributed by atoms with van der Waals surface area (Å²) in [6.45, 7) is 37.9. The molecule has 9 atom stereocenters. The lowest BCUT2D eigenvalue weighted by Gasteiger charge is -2.59. The zero-order valence-corrected chi connectivity index (χ0v) is 37.9. The first-order valence-electron chi connectivity index (χ1n) is 20.5. The Balaban J connectivity index is 1.59. The normalized spacial score (nSPS) is 33.5. The first kappa shape index (κ1) is 43.3. The molecule has 0 heterocycles. The monoisotopic (exact) mass is 753 g/mol. The van der Waals surface area contributed by atoms with Crippen molar-refractivity contribution in [3.05, 3.63) is 23.3 Å².